The fraction of sp³-hybridized carbons (Fsp3) is 0.391. The Morgan fingerprint density at radius 2 is 1.81 bits per heavy atom. The predicted octanol–water partition coefficient (Wildman–Crippen LogP) is 4.29. The Hall–Kier alpha value is -2.62. The zero-order chi connectivity index (χ0) is 19.2. The summed E-state index contributed by atoms with van der Waals surface area (Å²) in [7, 11) is 0. The summed E-state index contributed by atoms with van der Waals surface area (Å²) >= 11 is 0. The molecule has 0 bridgehead atoms. The number of aryl methyl sites for hydroxylation is 1. The molecular formula is C23H27N3O. The molecule has 1 amide bonds. The van der Waals surface area contributed by atoms with E-state index < -0.39 is 5.54 Å². The van der Waals surface area contributed by atoms with Crippen molar-refractivity contribution in [2.45, 2.75) is 39.2 Å². The first-order valence-corrected chi connectivity index (χ1v) is 9.78. The molecule has 0 radical (unpaired) electrons. The molecule has 27 heavy (non-hydrogen) atoms. The largest absolute Gasteiger partial charge is 0.338 e. The number of rotatable bonds is 5. The van der Waals surface area contributed by atoms with E-state index in [1.807, 2.05) is 12.1 Å². The van der Waals surface area contributed by atoms with Gasteiger partial charge in [-0.25, -0.2) is 0 Å². The lowest BCUT2D eigenvalue weighted by Crippen LogP contribution is -2.46. The number of benzene rings is 2. The van der Waals surface area contributed by atoms with Gasteiger partial charge in [0.25, 0.3) is 5.91 Å². The number of carbonyl (C=O) groups excluding carboxylic acids is 1. The van der Waals surface area contributed by atoms with Gasteiger partial charge in [0.15, 0.2) is 5.96 Å². The summed E-state index contributed by atoms with van der Waals surface area (Å²) < 4.78 is 0. The Morgan fingerprint density at radius 1 is 1.15 bits per heavy atom. The number of carbonyl (C=O) groups is 1. The minimum absolute atomic E-state index is 0.0325. The minimum atomic E-state index is -0.786. The third kappa shape index (κ3) is 3.03. The Bertz CT molecular complexity index is 900. The molecule has 1 aliphatic heterocycles. The lowest BCUT2D eigenvalue weighted by Gasteiger charge is -2.28. The SMILES string of the molecule is Cc1cccc(-c2cccc(C3(C4CC4)NC(=N)N(CC(C)C)C3=O)c2)c1. The molecule has 4 nitrogen and oxygen atoms in total. The first-order chi connectivity index (χ1) is 12.9. The maximum Gasteiger partial charge on any atom is 0.260 e. The highest BCUT2D eigenvalue weighted by Gasteiger charge is 2.59. The lowest BCUT2D eigenvalue weighted by atomic mass is 9.83. The summed E-state index contributed by atoms with van der Waals surface area (Å²) in [6, 6.07) is 16.7. The van der Waals surface area contributed by atoms with E-state index in [0.29, 0.717) is 12.5 Å². The second-order valence-electron chi connectivity index (χ2n) is 8.32. The van der Waals surface area contributed by atoms with Gasteiger partial charge in [0.2, 0.25) is 0 Å². The molecule has 1 aliphatic carbocycles. The smallest absolute Gasteiger partial charge is 0.260 e. The first kappa shape index (κ1) is 17.8. The standard InChI is InChI=1S/C23H27N3O/c1-15(2)14-26-21(27)23(19-10-11-19,25-22(26)24)20-9-5-8-18(13-20)17-7-4-6-16(3)12-17/h4-9,12-13,15,19H,10-11,14H2,1-3H3,(H2,24,25). The van der Waals surface area contributed by atoms with Gasteiger partial charge in [-0.2, -0.15) is 0 Å². The second-order valence-corrected chi connectivity index (χ2v) is 8.32. The molecule has 4 heteroatoms. The molecular weight excluding hydrogens is 334 g/mol. The monoisotopic (exact) mass is 361 g/mol. The number of hydrogen-bond donors (Lipinski definition) is 2. The van der Waals surface area contributed by atoms with Crippen LogP contribution in [0.1, 0.15) is 37.8 Å². The highest BCUT2D eigenvalue weighted by atomic mass is 16.2. The summed E-state index contributed by atoms with van der Waals surface area (Å²) in [6.45, 7) is 6.83. The third-order valence-corrected chi connectivity index (χ3v) is 5.57. The van der Waals surface area contributed by atoms with E-state index in [1.165, 1.54) is 5.56 Å². The van der Waals surface area contributed by atoms with Crippen LogP contribution in [0.5, 0.6) is 0 Å². The molecule has 2 aromatic carbocycles. The Balaban J connectivity index is 1.77. The molecule has 1 atom stereocenters. The molecule has 1 heterocycles. The van der Waals surface area contributed by atoms with Crippen LogP contribution in [0.2, 0.25) is 0 Å². The van der Waals surface area contributed by atoms with Crippen molar-refractivity contribution in [1.29, 1.82) is 5.41 Å². The molecule has 1 unspecified atom stereocenters. The van der Waals surface area contributed by atoms with E-state index in [1.54, 1.807) is 4.90 Å². The van der Waals surface area contributed by atoms with Crippen LogP contribution in [-0.2, 0) is 10.3 Å². The molecule has 140 valence electrons. The van der Waals surface area contributed by atoms with Crippen LogP contribution in [0.15, 0.2) is 48.5 Å². The van der Waals surface area contributed by atoms with Gasteiger partial charge in [0.1, 0.15) is 5.54 Å². The van der Waals surface area contributed by atoms with Gasteiger partial charge in [-0.1, -0.05) is 61.9 Å². The van der Waals surface area contributed by atoms with Crippen LogP contribution in [0.4, 0.5) is 0 Å². The average molecular weight is 361 g/mol. The van der Waals surface area contributed by atoms with Crippen molar-refractivity contribution >= 4 is 11.9 Å². The number of hydrogen-bond acceptors (Lipinski definition) is 2. The van der Waals surface area contributed by atoms with Gasteiger partial charge in [0.05, 0.1) is 0 Å². The lowest BCUT2D eigenvalue weighted by molar-refractivity contribution is -0.132. The van der Waals surface area contributed by atoms with E-state index in [2.05, 4.69) is 62.5 Å². The van der Waals surface area contributed by atoms with Crippen molar-refractivity contribution in [1.82, 2.24) is 10.2 Å². The Morgan fingerprint density at radius 3 is 2.44 bits per heavy atom. The van der Waals surface area contributed by atoms with E-state index >= 15 is 0 Å². The van der Waals surface area contributed by atoms with Crippen molar-refractivity contribution in [3.8, 4) is 11.1 Å². The third-order valence-electron chi connectivity index (χ3n) is 5.57. The zero-order valence-corrected chi connectivity index (χ0v) is 16.3. The minimum Gasteiger partial charge on any atom is -0.338 e. The van der Waals surface area contributed by atoms with Gasteiger partial charge in [-0.05, 0) is 54.4 Å². The predicted molar refractivity (Wildman–Crippen MR) is 108 cm³/mol. The Kier molecular flexibility index (Phi) is 4.29. The van der Waals surface area contributed by atoms with Crippen LogP contribution < -0.4 is 5.32 Å². The van der Waals surface area contributed by atoms with Crippen molar-refractivity contribution in [2.75, 3.05) is 6.54 Å². The van der Waals surface area contributed by atoms with Crippen molar-refractivity contribution < 1.29 is 4.79 Å². The summed E-state index contributed by atoms with van der Waals surface area (Å²) in [6.07, 6.45) is 2.05. The maximum atomic E-state index is 13.5. The highest BCUT2D eigenvalue weighted by molar-refractivity contribution is 6.08. The normalized spacial score (nSPS) is 22.4. The molecule has 0 aromatic heterocycles. The van der Waals surface area contributed by atoms with Gasteiger partial charge in [0, 0.05) is 6.54 Å². The van der Waals surface area contributed by atoms with Crippen LogP contribution in [0, 0.1) is 24.2 Å². The second kappa shape index (κ2) is 6.52. The summed E-state index contributed by atoms with van der Waals surface area (Å²) in [5.41, 5.74) is 3.67. The van der Waals surface area contributed by atoms with Gasteiger partial charge < -0.3 is 5.32 Å². The van der Waals surface area contributed by atoms with Gasteiger partial charge in [-0.3, -0.25) is 15.1 Å². The van der Waals surface area contributed by atoms with Crippen molar-refractivity contribution in [2.24, 2.45) is 11.8 Å². The van der Waals surface area contributed by atoms with Crippen LogP contribution in [0.3, 0.4) is 0 Å². The fourth-order valence-corrected chi connectivity index (χ4v) is 4.15. The molecule has 2 aromatic rings. The number of nitrogens with zero attached hydrogens (tertiary/aromatic N) is 1. The molecule has 2 aliphatic rings. The van der Waals surface area contributed by atoms with Gasteiger partial charge in [-0.15, -0.1) is 0 Å². The van der Waals surface area contributed by atoms with E-state index in [9.17, 15) is 4.79 Å². The van der Waals surface area contributed by atoms with E-state index in [0.717, 1.165) is 29.5 Å². The molecule has 2 N–H and O–H groups in total. The Labute approximate surface area is 161 Å². The topological polar surface area (TPSA) is 56.2 Å². The number of nitrogens with one attached hydrogen (secondary N) is 2. The van der Waals surface area contributed by atoms with Crippen LogP contribution in [0.25, 0.3) is 11.1 Å². The summed E-state index contributed by atoms with van der Waals surface area (Å²) in [4.78, 5) is 15.1. The van der Waals surface area contributed by atoms with E-state index in [4.69, 9.17) is 5.41 Å². The van der Waals surface area contributed by atoms with Crippen molar-refractivity contribution in [3.05, 3.63) is 59.7 Å². The van der Waals surface area contributed by atoms with Crippen molar-refractivity contribution in [3.63, 3.8) is 0 Å². The quantitative estimate of drug-likeness (QED) is 0.835. The zero-order valence-electron chi connectivity index (χ0n) is 16.3. The highest BCUT2D eigenvalue weighted by Crippen LogP contribution is 2.49. The van der Waals surface area contributed by atoms with Gasteiger partial charge >= 0.3 is 0 Å². The maximum absolute atomic E-state index is 13.5. The molecule has 1 saturated heterocycles. The number of amides is 1. The molecule has 2 fully saturated rings. The average Bonchev–Trinajstić information content (AvgIpc) is 3.45. The fourth-order valence-electron chi connectivity index (χ4n) is 4.15. The van der Waals surface area contributed by atoms with Crippen LogP contribution in [-0.4, -0.2) is 23.3 Å². The summed E-state index contributed by atoms with van der Waals surface area (Å²) in [5, 5.41) is 11.7. The molecule has 1 saturated carbocycles. The number of guanidine groups is 1. The molecule has 4 rings (SSSR count). The molecule has 0 spiro atoms. The van der Waals surface area contributed by atoms with E-state index in [-0.39, 0.29) is 17.8 Å². The summed E-state index contributed by atoms with van der Waals surface area (Å²) in [5.74, 6) is 0.853. The van der Waals surface area contributed by atoms with Crippen LogP contribution >= 0.6 is 0 Å². The first-order valence-electron chi connectivity index (χ1n) is 9.78.